The fourth-order valence-corrected chi connectivity index (χ4v) is 2.76. The fraction of sp³-hybridized carbons (Fsp3) is 0. The summed E-state index contributed by atoms with van der Waals surface area (Å²) in [6, 6.07) is 12.1. The second-order valence-corrected chi connectivity index (χ2v) is 5.67. The smallest absolute Gasteiger partial charge is 0.345 e. The molecular weight excluding hydrogens is 346 g/mol. The number of benzene rings is 1. The van der Waals surface area contributed by atoms with Gasteiger partial charge in [0.15, 0.2) is 10.8 Å². The van der Waals surface area contributed by atoms with Crippen LogP contribution in [0.3, 0.4) is 0 Å². The Bertz CT molecular complexity index is 886. The minimum Gasteiger partial charge on any atom is -0.459 e. The molecule has 0 aliphatic heterocycles. The summed E-state index contributed by atoms with van der Waals surface area (Å²) >= 11 is 1.12. The number of hydrogen-bond acceptors (Lipinski definition) is 8. The number of hydrogen-bond donors (Lipinski definition) is 2. The molecule has 0 radical (unpaired) electrons. The third-order valence-electron chi connectivity index (χ3n) is 2.97. The molecule has 3 aromatic rings. The zero-order valence-electron chi connectivity index (χ0n) is 12.6. The zero-order valence-corrected chi connectivity index (χ0v) is 13.4. The second-order valence-electron chi connectivity index (χ2n) is 4.60. The van der Waals surface area contributed by atoms with E-state index in [2.05, 4.69) is 20.8 Å². The molecule has 3 rings (SSSR count). The van der Waals surface area contributed by atoms with Gasteiger partial charge in [0.1, 0.15) is 6.33 Å². The SMILES string of the molecule is O=C(NNc1ncnc(Sc2ccccc2)c1[N+](=O)[O-])c1ccco1. The van der Waals surface area contributed by atoms with Crippen LogP contribution < -0.4 is 10.9 Å². The van der Waals surface area contributed by atoms with Gasteiger partial charge in [-0.2, -0.15) is 0 Å². The first-order valence-corrected chi connectivity index (χ1v) is 7.79. The number of hydrazine groups is 1. The Balaban J connectivity index is 1.82. The first-order valence-electron chi connectivity index (χ1n) is 6.97. The maximum absolute atomic E-state index is 11.9. The summed E-state index contributed by atoms with van der Waals surface area (Å²) in [7, 11) is 0. The average molecular weight is 357 g/mol. The van der Waals surface area contributed by atoms with Crippen molar-refractivity contribution >= 4 is 29.2 Å². The summed E-state index contributed by atoms with van der Waals surface area (Å²) in [5, 5.41) is 11.6. The lowest BCUT2D eigenvalue weighted by Crippen LogP contribution is -2.30. The topological polar surface area (TPSA) is 123 Å². The van der Waals surface area contributed by atoms with Gasteiger partial charge < -0.3 is 4.42 Å². The van der Waals surface area contributed by atoms with Crippen LogP contribution in [0.25, 0.3) is 0 Å². The van der Waals surface area contributed by atoms with Gasteiger partial charge in [-0.05, 0) is 24.3 Å². The van der Waals surface area contributed by atoms with E-state index in [4.69, 9.17) is 4.42 Å². The number of anilines is 1. The summed E-state index contributed by atoms with van der Waals surface area (Å²) in [5.41, 5.74) is 4.41. The minimum atomic E-state index is -0.605. The Morgan fingerprint density at radius 3 is 2.64 bits per heavy atom. The van der Waals surface area contributed by atoms with Gasteiger partial charge in [0.25, 0.3) is 0 Å². The molecule has 2 heterocycles. The van der Waals surface area contributed by atoms with Crippen molar-refractivity contribution in [1.82, 2.24) is 15.4 Å². The van der Waals surface area contributed by atoms with E-state index in [1.165, 1.54) is 18.7 Å². The summed E-state index contributed by atoms with van der Waals surface area (Å²) < 4.78 is 4.94. The van der Waals surface area contributed by atoms with Crippen molar-refractivity contribution in [2.24, 2.45) is 0 Å². The van der Waals surface area contributed by atoms with Crippen LogP contribution >= 0.6 is 11.8 Å². The Morgan fingerprint density at radius 2 is 1.96 bits per heavy atom. The summed E-state index contributed by atoms with van der Waals surface area (Å²) in [6.45, 7) is 0. The van der Waals surface area contributed by atoms with Crippen molar-refractivity contribution in [3.05, 3.63) is 70.9 Å². The number of nitrogens with one attached hydrogen (secondary N) is 2. The van der Waals surface area contributed by atoms with Crippen molar-refractivity contribution in [1.29, 1.82) is 0 Å². The Labute approximate surface area is 145 Å². The van der Waals surface area contributed by atoms with Crippen LogP contribution in [0.15, 0.2) is 69.4 Å². The second kappa shape index (κ2) is 7.45. The number of furan rings is 1. The highest BCUT2D eigenvalue weighted by atomic mass is 32.2. The fourth-order valence-electron chi connectivity index (χ4n) is 1.88. The van der Waals surface area contributed by atoms with E-state index in [1.807, 2.05) is 30.3 Å². The Morgan fingerprint density at radius 1 is 1.16 bits per heavy atom. The molecule has 0 saturated carbocycles. The van der Waals surface area contributed by atoms with Crippen molar-refractivity contribution in [3.63, 3.8) is 0 Å². The van der Waals surface area contributed by atoms with Crippen molar-refractivity contribution in [2.75, 3.05) is 5.43 Å². The molecule has 0 aliphatic rings. The van der Waals surface area contributed by atoms with E-state index in [9.17, 15) is 14.9 Å². The predicted octanol–water partition coefficient (Wildman–Crippen LogP) is 2.89. The van der Waals surface area contributed by atoms with Gasteiger partial charge in [-0.15, -0.1) is 0 Å². The Kier molecular flexibility index (Phi) is 4.90. The van der Waals surface area contributed by atoms with Crippen molar-refractivity contribution in [3.8, 4) is 0 Å². The number of carbonyl (C=O) groups is 1. The average Bonchev–Trinajstić information content (AvgIpc) is 3.15. The monoisotopic (exact) mass is 357 g/mol. The number of aromatic nitrogens is 2. The molecule has 2 aromatic heterocycles. The van der Waals surface area contributed by atoms with E-state index in [0.29, 0.717) is 0 Å². The third kappa shape index (κ3) is 3.93. The normalized spacial score (nSPS) is 10.2. The van der Waals surface area contributed by atoms with Gasteiger partial charge in [0.05, 0.1) is 11.2 Å². The molecule has 0 aliphatic carbocycles. The lowest BCUT2D eigenvalue weighted by molar-refractivity contribution is -0.387. The number of carbonyl (C=O) groups excluding carboxylic acids is 1. The first kappa shape index (κ1) is 16.5. The molecule has 1 aromatic carbocycles. The van der Waals surface area contributed by atoms with Gasteiger partial charge in [-0.25, -0.2) is 9.97 Å². The predicted molar refractivity (Wildman–Crippen MR) is 89.0 cm³/mol. The molecule has 0 spiro atoms. The number of nitrogens with zero attached hydrogens (tertiary/aromatic N) is 3. The summed E-state index contributed by atoms with van der Waals surface area (Å²) in [6.07, 6.45) is 2.52. The number of rotatable bonds is 6. The molecule has 1 amide bonds. The highest BCUT2D eigenvalue weighted by Crippen LogP contribution is 2.36. The molecule has 0 saturated heterocycles. The lowest BCUT2D eigenvalue weighted by atomic mass is 10.4. The number of amides is 1. The maximum Gasteiger partial charge on any atom is 0.345 e. The molecule has 10 heteroatoms. The highest BCUT2D eigenvalue weighted by molar-refractivity contribution is 7.99. The highest BCUT2D eigenvalue weighted by Gasteiger charge is 2.24. The van der Waals surface area contributed by atoms with Gasteiger partial charge >= 0.3 is 11.6 Å². The molecule has 0 atom stereocenters. The van der Waals surface area contributed by atoms with Crippen LogP contribution in [0.5, 0.6) is 0 Å². The van der Waals surface area contributed by atoms with Crippen LogP contribution in [0.4, 0.5) is 11.5 Å². The van der Waals surface area contributed by atoms with Crippen LogP contribution in [0, 0.1) is 10.1 Å². The third-order valence-corrected chi connectivity index (χ3v) is 3.97. The lowest BCUT2D eigenvalue weighted by Gasteiger charge is -2.08. The molecule has 126 valence electrons. The van der Waals surface area contributed by atoms with E-state index in [-0.39, 0.29) is 22.3 Å². The minimum absolute atomic E-state index is 0.0584. The molecule has 0 unspecified atom stereocenters. The zero-order chi connectivity index (χ0) is 17.6. The summed E-state index contributed by atoms with van der Waals surface area (Å²) in [5.74, 6) is -0.656. The van der Waals surface area contributed by atoms with Crippen LogP contribution in [0.1, 0.15) is 10.6 Å². The van der Waals surface area contributed by atoms with E-state index >= 15 is 0 Å². The molecule has 25 heavy (non-hydrogen) atoms. The molecule has 0 fully saturated rings. The van der Waals surface area contributed by atoms with E-state index in [0.717, 1.165) is 16.7 Å². The maximum atomic E-state index is 11.9. The van der Waals surface area contributed by atoms with Gasteiger partial charge in [0.2, 0.25) is 5.82 Å². The molecule has 2 N–H and O–H groups in total. The largest absolute Gasteiger partial charge is 0.459 e. The number of nitro groups is 1. The van der Waals surface area contributed by atoms with Gasteiger partial charge in [-0.3, -0.25) is 25.8 Å². The van der Waals surface area contributed by atoms with E-state index in [1.54, 1.807) is 6.07 Å². The van der Waals surface area contributed by atoms with E-state index < -0.39 is 10.8 Å². The molecule has 9 nitrogen and oxygen atoms in total. The summed E-state index contributed by atoms with van der Waals surface area (Å²) in [4.78, 5) is 31.3. The van der Waals surface area contributed by atoms with Crippen LogP contribution in [-0.4, -0.2) is 20.8 Å². The van der Waals surface area contributed by atoms with Crippen molar-refractivity contribution < 1.29 is 14.1 Å². The standard InChI is InChI=1S/C15H11N5O4S/c21-14(11-7-4-8-24-11)19-18-13-12(20(22)23)15(17-9-16-13)25-10-5-2-1-3-6-10/h1-9H,(H,19,21)(H,16,17,18). The molecule has 0 bridgehead atoms. The van der Waals surface area contributed by atoms with Gasteiger partial charge in [0, 0.05) is 4.90 Å². The van der Waals surface area contributed by atoms with Gasteiger partial charge in [-0.1, -0.05) is 30.0 Å². The van der Waals surface area contributed by atoms with Crippen molar-refractivity contribution in [2.45, 2.75) is 9.92 Å². The first-order chi connectivity index (χ1) is 12.1. The van der Waals surface area contributed by atoms with Crippen LogP contribution in [0.2, 0.25) is 0 Å². The Hall–Kier alpha value is -3.40. The quantitative estimate of drug-likeness (QED) is 0.392. The van der Waals surface area contributed by atoms with Crippen LogP contribution in [-0.2, 0) is 0 Å². The molecular formula is C15H11N5O4S.